The van der Waals surface area contributed by atoms with Crippen LogP contribution in [0.25, 0.3) is 0 Å². The quantitative estimate of drug-likeness (QED) is 0.480. The predicted octanol–water partition coefficient (Wildman–Crippen LogP) is 4.71. The van der Waals surface area contributed by atoms with Gasteiger partial charge in [0.2, 0.25) is 11.8 Å². The molecule has 12 heteroatoms. The largest absolute Gasteiger partial charge is 0.351 e. The van der Waals surface area contributed by atoms with Gasteiger partial charge in [-0.15, -0.1) is 0 Å². The number of carbonyl (C=O) groups is 3. The van der Waals surface area contributed by atoms with Crippen molar-refractivity contribution in [2.45, 2.75) is 56.2 Å². The summed E-state index contributed by atoms with van der Waals surface area (Å²) in [5, 5.41) is 12.2. The summed E-state index contributed by atoms with van der Waals surface area (Å²) >= 11 is 6.52. The minimum Gasteiger partial charge on any atom is -0.351 e. The predicted molar refractivity (Wildman–Crippen MR) is 152 cm³/mol. The second kappa shape index (κ2) is 12.3. The maximum absolute atomic E-state index is 14.6. The first-order valence-corrected chi connectivity index (χ1v) is 13.9. The zero-order chi connectivity index (χ0) is 30.7. The molecule has 2 aliphatic heterocycles. The molecule has 3 amide bonds. The van der Waals surface area contributed by atoms with Crippen LogP contribution in [0.4, 0.5) is 18.9 Å². The molecule has 0 aromatic heterocycles. The smallest absolute Gasteiger partial charge is 0.252 e. The molecule has 5 rings (SSSR count). The van der Waals surface area contributed by atoms with Gasteiger partial charge in [-0.1, -0.05) is 47.7 Å². The number of alkyl halides is 2. The number of likely N-dealkylation sites (tertiary alicyclic amines) is 1. The summed E-state index contributed by atoms with van der Waals surface area (Å²) in [7, 11) is 0. The number of piperidine rings is 1. The molecule has 1 saturated carbocycles. The molecule has 220 valence electrons. The molecule has 2 atom stereocenters. The lowest BCUT2D eigenvalue weighted by Gasteiger charge is -2.41. The SMILES string of the molecule is N#CC1=CC(N2C(=O)CCC[C@H]2C(=O)N(c2cccc(F)c2)[C@H](C(=O)NC2CC(F)(F)C2)c2ccccc2Cl)=NCC#C1. The number of allylic oxidation sites excluding steroid dienone is 1. The van der Waals surface area contributed by atoms with E-state index in [-0.39, 0.29) is 47.1 Å². The van der Waals surface area contributed by atoms with Gasteiger partial charge in [-0.3, -0.25) is 29.2 Å². The van der Waals surface area contributed by atoms with Gasteiger partial charge in [0.15, 0.2) is 0 Å². The summed E-state index contributed by atoms with van der Waals surface area (Å²) in [4.78, 5) is 48.4. The molecule has 1 saturated heterocycles. The fourth-order valence-electron chi connectivity index (χ4n) is 5.39. The van der Waals surface area contributed by atoms with E-state index in [4.69, 9.17) is 11.6 Å². The van der Waals surface area contributed by atoms with Gasteiger partial charge < -0.3 is 5.32 Å². The topological polar surface area (TPSA) is 106 Å². The molecule has 0 unspecified atom stereocenters. The van der Waals surface area contributed by atoms with Crippen molar-refractivity contribution in [1.82, 2.24) is 10.2 Å². The second-order valence-corrected chi connectivity index (χ2v) is 10.8. The molecule has 1 N–H and O–H groups in total. The molecule has 0 bridgehead atoms. The number of nitrogens with one attached hydrogen (secondary N) is 1. The Hall–Kier alpha value is -4.61. The van der Waals surface area contributed by atoms with Crippen LogP contribution in [-0.4, -0.2) is 53.0 Å². The number of rotatable bonds is 6. The van der Waals surface area contributed by atoms with Gasteiger partial charge in [-0.2, -0.15) is 5.26 Å². The van der Waals surface area contributed by atoms with E-state index in [1.807, 2.05) is 6.07 Å². The van der Waals surface area contributed by atoms with Gasteiger partial charge in [0.1, 0.15) is 41.9 Å². The molecular weight excluding hydrogens is 583 g/mol. The van der Waals surface area contributed by atoms with E-state index in [0.717, 1.165) is 17.0 Å². The van der Waals surface area contributed by atoms with Crippen molar-refractivity contribution in [2.75, 3.05) is 11.4 Å². The molecule has 2 aromatic carbocycles. The van der Waals surface area contributed by atoms with Gasteiger partial charge in [-0.25, -0.2) is 13.2 Å². The maximum atomic E-state index is 14.6. The van der Waals surface area contributed by atoms with Crippen molar-refractivity contribution in [3.63, 3.8) is 0 Å². The molecule has 0 radical (unpaired) electrons. The average molecular weight is 608 g/mol. The number of nitrogens with zero attached hydrogens (tertiary/aromatic N) is 4. The van der Waals surface area contributed by atoms with E-state index in [0.29, 0.717) is 6.42 Å². The van der Waals surface area contributed by atoms with Crippen LogP contribution in [0.5, 0.6) is 0 Å². The average Bonchev–Trinajstić information content (AvgIpc) is 3.20. The Morgan fingerprint density at radius 2 is 1.98 bits per heavy atom. The van der Waals surface area contributed by atoms with Crippen molar-refractivity contribution in [3.05, 3.63) is 76.6 Å². The minimum atomic E-state index is -2.92. The Kier molecular flexibility index (Phi) is 8.56. The third-order valence-corrected chi connectivity index (χ3v) is 7.73. The molecule has 0 spiro atoms. The molecule has 3 aliphatic rings. The van der Waals surface area contributed by atoms with Crippen LogP contribution in [0.1, 0.15) is 43.7 Å². The van der Waals surface area contributed by atoms with Crippen LogP contribution in [0.15, 0.2) is 65.2 Å². The first-order chi connectivity index (χ1) is 20.6. The normalized spacial score (nSPS) is 20.2. The number of amidine groups is 1. The fraction of sp³-hybridized carbons (Fsp3) is 0.323. The van der Waals surface area contributed by atoms with Crippen molar-refractivity contribution in [3.8, 4) is 17.9 Å². The molecule has 2 aromatic rings. The third kappa shape index (κ3) is 6.42. The molecule has 43 heavy (non-hydrogen) atoms. The monoisotopic (exact) mass is 607 g/mol. The Morgan fingerprint density at radius 3 is 2.67 bits per heavy atom. The van der Waals surface area contributed by atoms with Crippen LogP contribution in [0, 0.1) is 29.0 Å². The number of benzene rings is 2. The van der Waals surface area contributed by atoms with Crippen LogP contribution < -0.4 is 10.2 Å². The number of carbonyl (C=O) groups excluding carboxylic acids is 3. The molecular formula is C31H25ClF3N5O3. The molecule has 8 nitrogen and oxygen atoms in total. The van der Waals surface area contributed by atoms with E-state index >= 15 is 0 Å². The van der Waals surface area contributed by atoms with Crippen LogP contribution in [0.3, 0.4) is 0 Å². The van der Waals surface area contributed by atoms with Crippen molar-refractivity contribution < 1.29 is 27.6 Å². The molecule has 2 heterocycles. The highest BCUT2D eigenvalue weighted by Gasteiger charge is 2.48. The van der Waals surface area contributed by atoms with Crippen LogP contribution in [-0.2, 0) is 14.4 Å². The van der Waals surface area contributed by atoms with Crippen molar-refractivity contribution >= 4 is 40.8 Å². The van der Waals surface area contributed by atoms with Crippen molar-refractivity contribution in [1.29, 1.82) is 5.26 Å². The highest BCUT2D eigenvalue weighted by Crippen LogP contribution is 2.39. The standard InChI is InChI=1S/C31H25ClF3N5O3/c32-24-10-2-1-9-23(24)28(29(42)38-21-16-31(34,35)17-21)39(22-8-3-7-20(33)15-22)30(43)25-11-4-12-27(41)40(25)26-14-19(18-36)6-5-13-37-26/h1-3,7-10,14-15,21,25,28H,4,11-13,16-17H2,(H,38,42)/t25-,28-/m0/s1. The number of hydrogen-bond acceptors (Lipinski definition) is 5. The highest BCUT2D eigenvalue weighted by atomic mass is 35.5. The second-order valence-electron chi connectivity index (χ2n) is 10.4. The lowest BCUT2D eigenvalue weighted by atomic mass is 9.87. The Bertz CT molecular complexity index is 1630. The van der Waals surface area contributed by atoms with Crippen LogP contribution in [0.2, 0.25) is 5.02 Å². The third-order valence-electron chi connectivity index (χ3n) is 7.38. The van der Waals surface area contributed by atoms with E-state index in [2.05, 4.69) is 22.2 Å². The summed E-state index contributed by atoms with van der Waals surface area (Å²) in [5.41, 5.74) is 0.209. The summed E-state index contributed by atoms with van der Waals surface area (Å²) in [6.07, 6.45) is 0.790. The number of amides is 3. The first-order valence-electron chi connectivity index (χ1n) is 13.6. The summed E-state index contributed by atoms with van der Waals surface area (Å²) in [6.45, 7) is -0.0218. The zero-order valence-corrected chi connectivity index (χ0v) is 23.5. The number of anilines is 1. The number of nitriles is 1. The first kappa shape index (κ1) is 29.9. The Balaban J connectivity index is 1.62. The van der Waals surface area contributed by atoms with Crippen LogP contribution >= 0.6 is 11.6 Å². The fourth-order valence-corrected chi connectivity index (χ4v) is 5.63. The minimum absolute atomic E-state index is 0.0126. The number of aliphatic imine (C=N–C) groups is 1. The lowest BCUT2D eigenvalue weighted by molar-refractivity contribution is -0.138. The zero-order valence-electron chi connectivity index (χ0n) is 22.7. The van der Waals surface area contributed by atoms with E-state index < -0.39 is 60.4 Å². The van der Waals surface area contributed by atoms with Gasteiger partial charge in [0.05, 0.1) is 0 Å². The maximum Gasteiger partial charge on any atom is 0.252 e. The summed E-state index contributed by atoms with van der Waals surface area (Å²) in [5.74, 6) is -0.206. The summed E-state index contributed by atoms with van der Waals surface area (Å²) < 4.78 is 41.9. The highest BCUT2D eigenvalue weighted by molar-refractivity contribution is 6.31. The van der Waals surface area contributed by atoms with Gasteiger partial charge in [0, 0.05) is 47.7 Å². The van der Waals surface area contributed by atoms with Crippen molar-refractivity contribution in [2.24, 2.45) is 4.99 Å². The molecule has 2 fully saturated rings. The van der Waals surface area contributed by atoms with E-state index in [1.54, 1.807) is 12.1 Å². The van der Waals surface area contributed by atoms with Gasteiger partial charge >= 0.3 is 0 Å². The van der Waals surface area contributed by atoms with Gasteiger partial charge in [-0.05, 0) is 37.1 Å². The number of halogens is 4. The number of hydrogen-bond donors (Lipinski definition) is 1. The Labute approximate surface area is 250 Å². The summed E-state index contributed by atoms with van der Waals surface area (Å²) in [6, 6.07) is 9.61. The lowest BCUT2D eigenvalue weighted by Crippen LogP contribution is -2.58. The van der Waals surface area contributed by atoms with E-state index in [9.17, 15) is 32.8 Å². The Morgan fingerprint density at radius 1 is 1.21 bits per heavy atom. The van der Waals surface area contributed by atoms with Gasteiger partial charge in [0.25, 0.3) is 11.8 Å². The molecule has 1 aliphatic carbocycles. The van der Waals surface area contributed by atoms with E-state index in [1.165, 1.54) is 35.2 Å².